The van der Waals surface area contributed by atoms with Crippen LogP contribution in [-0.2, 0) is 0 Å². The number of hydrogen-bond donors (Lipinski definition) is 2. The number of nitrogens with one attached hydrogen (secondary N) is 1. The number of hydrogen-bond acceptors (Lipinski definition) is 5. The van der Waals surface area contributed by atoms with Crippen LogP contribution in [0.1, 0.15) is 11.1 Å². The number of aromatic hydroxyl groups is 1. The lowest BCUT2D eigenvalue weighted by Crippen LogP contribution is -1.96. The topological polar surface area (TPSA) is 75.4 Å². The Morgan fingerprint density at radius 2 is 2.16 bits per heavy atom. The van der Waals surface area contributed by atoms with Crippen molar-refractivity contribution in [3.05, 3.63) is 56.8 Å². The van der Waals surface area contributed by atoms with E-state index in [0.717, 1.165) is 16.7 Å². The van der Waals surface area contributed by atoms with Crippen molar-refractivity contribution in [2.24, 2.45) is 5.10 Å². The van der Waals surface area contributed by atoms with Gasteiger partial charge in [-0.05, 0) is 58.8 Å². The first-order chi connectivity index (χ1) is 12.0. The molecule has 0 amide bonds. The number of nitrogens with zero attached hydrogens (tertiary/aromatic N) is 3. The van der Waals surface area contributed by atoms with Crippen molar-refractivity contribution in [3.63, 3.8) is 0 Å². The lowest BCUT2D eigenvalue weighted by Gasteiger charge is -2.06. The first-order valence-electron chi connectivity index (χ1n) is 7.35. The fourth-order valence-electron chi connectivity index (χ4n) is 2.32. The van der Waals surface area contributed by atoms with Crippen molar-refractivity contribution in [1.82, 2.24) is 14.9 Å². The molecule has 0 fully saturated rings. The van der Waals surface area contributed by atoms with Crippen LogP contribution in [0.4, 0.5) is 0 Å². The standard InChI is InChI=1S/C17H15BrN4O2S/c1-10-4-3-5-12(6-10)16-20-21-17(25)22(16)19-9-11-7-13(18)15(23)14(8-11)24-2/h3-9,23H,1-2H3,(H,21,25)/b19-9+. The Morgan fingerprint density at radius 3 is 2.88 bits per heavy atom. The molecule has 0 saturated carbocycles. The monoisotopic (exact) mass is 418 g/mol. The van der Waals surface area contributed by atoms with Gasteiger partial charge in [-0.3, -0.25) is 0 Å². The molecule has 0 radical (unpaired) electrons. The molecule has 0 bridgehead atoms. The van der Waals surface area contributed by atoms with Crippen LogP contribution >= 0.6 is 28.1 Å². The molecular formula is C17H15BrN4O2S. The normalized spacial score (nSPS) is 11.2. The summed E-state index contributed by atoms with van der Waals surface area (Å²) in [5, 5.41) is 21.3. The van der Waals surface area contributed by atoms with E-state index < -0.39 is 0 Å². The molecule has 3 rings (SSSR count). The molecule has 0 unspecified atom stereocenters. The van der Waals surface area contributed by atoms with Crippen molar-refractivity contribution >= 4 is 34.4 Å². The molecule has 8 heteroatoms. The quantitative estimate of drug-likeness (QED) is 0.489. The molecule has 0 atom stereocenters. The van der Waals surface area contributed by atoms with E-state index in [4.69, 9.17) is 17.0 Å². The molecule has 0 aliphatic rings. The van der Waals surface area contributed by atoms with E-state index in [1.54, 1.807) is 23.0 Å². The molecule has 3 aromatic rings. The average Bonchev–Trinajstić information content (AvgIpc) is 2.96. The van der Waals surface area contributed by atoms with E-state index in [1.807, 2.05) is 31.2 Å². The molecule has 128 valence electrons. The number of rotatable bonds is 4. The van der Waals surface area contributed by atoms with Crippen LogP contribution in [0.3, 0.4) is 0 Å². The molecule has 1 heterocycles. The third kappa shape index (κ3) is 3.64. The summed E-state index contributed by atoms with van der Waals surface area (Å²) in [5.41, 5.74) is 2.77. The van der Waals surface area contributed by atoms with Gasteiger partial charge in [-0.2, -0.15) is 14.9 Å². The highest BCUT2D eigenvalue weighted by Gasteiger charge is 2.10. The predicted molar refractivity (Wildman–Crippen MR) is 103 cm³/mol. The summed E-state index contributed by atoms with van der Waals surface area (Å²) < 4.78 is 7.60. The second-order valence-electron chi connectivity index (χ2n) is 5.33. The first kappa shape index (κ1) is 17.4. The molecule has 2 N–H and O–H groups in total. The minimum atomic E-state index is 0.0417. The van der Waals surface area contributed by atoms with Gasteiger partial charge in [-0.1, -0.05) is 23.8 Å². The summed E-state index contributed by atoms with van der Waals surface area (Å²) in [6.07, 6.45) is 1.62. The molecule has 2 aromatic carbocycles. The predicted octanol–water partition coefficient (Wildman–Crippen LogP) is 4.28. The summed E-state index contributed by atoms with van der Waals surface area (Å²) in [6.45, 7) is 2.01. The highest BCUT2D eigenvalue weighted by molar-refractivity contribution is 9.10. The number of methoxy groups -OCH3 is 1. The number of halogens is 1. The van der Waals surface area contributed by atoms with Crippen LogP contribution in [0, 0.1) is 11.7 Å². The van der Waals surface area contributed by atoms with Gasteiger partial charge in [0.05, 0.1) is 17.8 Å². The molecular weight excluding hydrogens is 404 g/mol. The van der Waals surface area contributed by atoms with Gasteiger partial charge in [0.2, 0.25) is 4.77 Å². The van der Waals surface area contributed by atoms with Crippen LogP contribution in [0.5, 0.6) is 11.5 Å². The number of H-pyrrole nitrogens is 1. The molecule has 0 aliphatic heterocycles. The van der Waals surface area contributed by atoms with Crippen LogP contribution in [-0.4, -0.2) is 33.3 Å². The van der Waals surface area contributed by atoms with Gasteiger partial charge in [-0.25, -0.2) is 5.10 Å². The third-order valence-corrected chi connectivity index (χ3v) is 4.39. The number of benzene rings is 2. The smallest absolute Gasteiger partial charge is 0.216 e. The lowest BCUT2D eigenvalue weighted by molar-refractivity contribution is 0.372. The number of ether oxygens (including phenoxy) is 1. The van der Waals surface area contributed by atoms with Crippen molar-refractivity contribution < 1.29 is 9.84 Å². The minimum absolute atomic E-state index is 0.0417. The van der Waals surface area contributed by atoms with Crippen molar-refractivity contribution in [2.75, 3.05) is 7.11 Å². The maximum atomic E-state index is 9.88. The number of aromatic amines is 1. The summed E-state index contributed by atoms with van der Waals surface area (Å²) in [4.78, 5) is 0. The number of aromatic nitrogens is 3. The zero-order valence-electron chi connectivity index (χ0n) is 13.5. The Bertz CT molecular complexity index is 1010. The first-order valence-corrected chi connectivity index (χ1v) is 8.55. The van der Waals surface area contributed by atoms with Crippen LogP contribution in [0.2, 0.25) is 0 Å². The van der Waals surface area contributed by atoms with E-state index in [0.29, 0.717) is 20.8 Å². The number of phenolic OH excluding ortho intramolecular Hbond substituents is 1. The van der Waals surface area contributed by atoms with Crippen molar-refractivity contribution in [3.8, 4) is 22.9 Å². The van der Waals surface area contributed by atoms with Crippen LogP contribution in [0.15, 0.2) is 46.0 Å². The summed E-state index contributed by atoms with van der Waals surface area (Å²) in [6, 6.07) is 11.3. The molecule has 6 nitrogen and oxygen atoms in total. The molecule has 0 saturated heterocycles. The number of phenols is 1. The summed E-state index contributed by atoms with van der Waals surface area (Å²) >= 11 is 8.57. The van der Waals surface area contributed by atoms with Gasteiger partial charge < -0.3 is 9.84 Å². The Balaban J connectivity index is 2.02. The Labute approximate surface area is 157 Å². The second-order valence-corrected chi connectivity index (χ2v) is 6.57. The van der Waals surface area contributed by atoms with E-state index in [2.05, 4.69) is 31.2 Å². The highest BCUT2D eigenvalue weighted by Crippen LogP contribution is 2.34. The van der Waals surface area contributed by atoms with Crippen LogP contribution < -0.4 is 4.74 Å². The highest BCUT2D eigenvalue weighted by atomic mass is 79.9. The van der Waals surface area contributed by atoms with Gasteiger partial charge in [0.15, 0.2) is 17.3 Å². The van der Waals surface area contributed by atoms with Gasteiger partial charge in [-0.15, -0.1) is 0 Å². The van der Waals surface area contributed by atoms with E-state index >= 15 is 0 Å². The summed E-state index contributed by atoms with van der Waals surface area (Å²) in [7, 11) is 1.49. The lowest BCUT2D eigenvalue weighted by atomic mass is 10.1. The van der Waals surface area contributed by atoms with E-state index in [-0.39, 0.29) is 5.75 Å². The van der Waals surface area contributed by atoms with Gasteiger partial charge in [0.25, 0.3) is 0 Å². The molecule has 0 aliphatic carbocycles. The zero-order chi connectivity index (χ0) is 18.0. The fourth-order valence-corrected chi connectivity index (χ4v) is 2.96. The molecule has 0 spiro atoms. The number of aryl methyl sites for hydroxylation is 1. The second kappa shape index (κ2) is 7.20. The van der Waals surface area contributed by atoms with Crippen molar-refractivity contribution in [2.45, 2.75) is 6.92 Å². The molecule has 25 heavy (non-hydrogen) atoms. The largest absolute Gasteiger partial charge is 0.503 e. The van der Waals surface area contributed by atoms with E-state index in [9.17, 15) is 5.11 Å². The zero-order valence-corrected chi connectivity index (χ0v) is 15.9. The molecule has 1 aromatic heterocycles. The SMILES string of the molecule is COc1cc(/C=N/n2c(-c3cccc(C)c3)n[nH]c2=S)cc(Br)c1O. The Kier molecular flexibility index (Phi) is 5.00. The average molecular weight is 419 g/mol. The maximum Gasteiger partial charge on any atom is 0.216 e. The van der Waals surface area contributed by atoms with E-state index in [1.165, 1.54) is 7.11 Å². The van der Waals surface area contributed by atoms with Crippen LogP contribution in [0.25, 0.3) is 11.4 Å². The minimum Gasteiger partial charge on any atom is -0.503 e. The maximum absolute atomic E-state index is 9.88. The van der Waals surface area contributed by atoms with Gasteiger partial charge in [0.1, 0.15) is 0 Å². The van der Waals surface area contributed by atoms with Gasteiger partial charge in [0, 0.05) is 5.56 Å². The van der Waals surface area contributed by atoms with Gasteiger partial charge >= 0.3 is 0 Å². The summed E-state index contributed by atoms with van der Waals surface area (Å²) in [5.74, 6) is 1.01. The Morgan fingerprint density at radius 1 is 1.36 bits per heavy atom. The fraction of sp³-hybridized carbons (Fsp3) is 0.118. The van der Waals surface area contributed by atoms with Crippen molar-refractivity contribution in [1.29, 1.82) is 0 Å². The Hall–Kier alpha value is -2.45. The third-order valence-electron chi connectivity index (χ3n) is 3.52.